The summed E-state index contributed by atoms with van der Waals surface area (Å²) in [7, 11) is 0. The number of esters is 1. The number of aryl methyl sites for hydroxylation is 1. The highest BCUT2D eigenvalue weighted by molar-refractivity contribution is 6.31. The van der Waals surface area contributed by atoms with Gasteiger partial charge < -0.3 is 9.30 Å². The van der Waals surface area contributed by atoms with Gasteiger partial charge in [0.15, 0.2) is 0 Å². The van der Waals surface area contributed by atoms with E-state index in [0.29, 0.717) is 24.0 Å². The Bertz CT molecular complexity index is 828. The zero-order chi connectivity index (χ0) is 19.8. The van der Waals surface area contributed by atoms with Gasteiger partial charge in [-0.2, -0.15) is 0 Å². The van der Waals surface area contributed by atoms with Crippen molar-refractivity contribution in [3.63, 3.8) is 0 Å². The van der Waals surface area contributed by atoms with E-state index in [1.807, 2.05) is 4.57 Å². The Morgan fingerprint density at radius 2 is 2.04 bits per heavy atom. The molecular formula is C19H22ClN3O4. The van der Waals surface area contributed by atoms with Crippen LogP contribution in [0, 0.1) is 10.1 Å². The van der Waals surface area contributed by atoms with Crippen LogP contribution in [0.2, 0.25) is 5.15 Å². The monoisotopic (exact) mass is 391 g/mol. The molecule has 0 N–H and O–H groups in total. The number of non-ortho nitro benzene ring substituents is 1. The molecule has 0 atom stereocenters. The lowest BCUT2D eigenvalue weighted by atomic mass is 10.2. The minimum Gasteiger partial charge on any atom is -0.463 e. The predicted molar refractivity (Wildman–Crippen MR) is 104 cm³/mol. The van der Waals surface area contributed by atoms with E-state index in [0.717, 1.165) is 30.7 Å². The van der Waals surface area contributed by atoms with Crippen LogP contribution in [-0.2, 0) is 22.5 Å². The number of nitro benzene ring substituents is 1. The lowest BCUT2D eigenvalue weighted by Gasteiger charge is -2.09. The molecule has 2 rings (SSSR count). The predicted octanol–water partition coefficient (Wildman–Crippen LogP) is 4.41. The Morgan fingerprint density at radius 3 is 2.63 bits per heavy atom. The molecule has 0 amide bonds. The molecule has 8 heteroatoms. The van der Waals surface area contributed by atoms with Gasteiger partial charge in [0.25, 0.3) is 5.69 Å². The Kier molecular flexibility index (Phi) is 7.55. The number of aromatic nitrogens is 2. The average molecular weight is 392 g/mol. The van der Waals surface area contributed by atoms with Gasteiger partial charge in [0.05, 0.1) is 18.1 Å². The van der Waals surface area contributed by atoms with Crippen molar-refractivity contribution in [3.05, 3.63) is 62.7 Å². The first-order valence-corrected chi connectivity index (χ1v) is 9.17. The maximum absolute atomic E-state index is 11.5. The second kappa shape index (κ2) is 9.87. The molecule has 0 aliphatic heterocycles. The van der Waals surface area contributed by atoms with Crippen LogP contribution in [-0.4, -0.2) is 27.1 Å². The van der Waals surface area contributed by atoms with Crippen LogP contribution < -0.4 is 0 Å². The number of hydrogen-bond donors (Lipinski definition) is 0. The number of unbranched alkanes of at least 4 members (excludes halogenated alkanes) is 1. The fourth-order valence-electron chi connectivity index (χ4n) is 2.53. The van der Waals surface area contributed by atoms with Crippen molar-refractivity contribution >= 4 is 29.3 Å². The van der Waals surface area contributed by atoms with Crippen LogP contribution in [0.15, 0.2) is 30.3 Å². The molecule has 144 valence electrons. The Balaban J connectivity index is 2.29. The highest BCUT2D eigenvalue weighted by atomic mass is 35.5. The van der Waals surface area contributed by atoms with E-state index in [9.17, 15) is 14.9 Å². The topological polar surface area (TPSA) is 87.3 Å². The highest BCUT2D eigenvalue weighted by Gasteiger charge is 2.15. The summed E-state index contributed by atoms with van der Waals surface area (Å²) in [6.45, 7) is 4.57. The highest BCUT2D eigenvalue weighted by Crippen LogP contribution is 2.23. The quantitative estimate of drug-likeness (QED) is 0.273. The number of carbonyl (C=O) groups is 1. The number of carbonyl (C=O) groups excluding carboxylic acids is 1. The summed E-state index contributed by atoms with van der Waals surface area (Å²) in [4.78, 5) is 26.4. The summed E-state index contributed by atoms with van der Waals surface area (Å²) in [5.74, 6) is 0.359. The Labute approximate surface area is 162 Å². The first kappa shape index (κ1) is 20.6. The van der Waals surface area contributed by atoms with E-state index >= 15 is 0 Å². The van der Waals surface area contributed by atoms with Crippen molar-refractivity contribution in [2.45, 2.75) is 39.7 Å². The molecule has 7 nitrogen and oxygen atoms in total. The van der Waals surface area contributed by atoms with Crippen LogP contribution in [0.4, 0.5) is 5.69 Å². The average Bonchev–Trinajstić information content (AvgIpc) is 2.94. The third-order valence-corrected chi connectivity index (χ3v) is 4.31. The molecule has 0 aliphatic rings. The number of halogens is 1. The van der Waals surface area contributed by atoms with E-state index in [1.165, 1.54) is 18.2 Å². The molecule has 0 saturated heterocycles. The maximum atomic E-state index is 11.5. The lowest BCUT2D eigenvalue weighted by Crippen LogP contribution is -2.05. The van der Waals surface area contributed by atoms with Crippen LogP contribution >= 0.6 is 11.6 Å². The number of ether oxygens (including phenoxy) is 1. The normalized spacial score (nSPS) is 11.1. The molecule has 0 fully saturated rings. The van der Waals surface area contributed by atoms with Crippen molar-refractivity contribution in [1.29, 1.82) is 0 Å². The molecule has 2 aromatic rings. The van der Waals surface area contributed by atoms with Gasteiger partial charge >= 0.3 is 5.97 Å². The van der Waals surface area contributed by atoms with Crippen molar-refractivity contribution < 1.29 is 14.5 Å². The molecule has 0 unspecified atom stereocenters. The maximum Gasteiger partial charge on any atom is 0.330 e. The summed E-state index contributed by atoms with van der Waals surface area (Å²) >= 11 is 6.49. The summed E-state index contributed by atoms with van der Waals surface area (Å²) in [5.41, 5.74) is 1.41. The van der Waals surface area contributed by atoms with Gasteiger partial charge in [-0.05, 0) is 25.0 Å². The standard InChI is InChI=1S/C19H22ClN3O4/c1-3-5-6-17-21-16(11-12-18(24)27-4-2)19(20)22(17)13-14-7-9-15(10-8-14)23(25)26/h7-12H,3-6,13H2,1-2H3. The molecular weight excluding hydrogens is 370 g/mol. The number of nitrogens with zero attached hydrogens (tertiary/aromatic N) is 3. The summed E-state index contributed by atoms with van der Waals surface area (Å²) in [6.07, 6.45) is 5.56. The summed E-state index contributed by atoms with van der Waals surface area (Å²) < 4.78 is 6.74. The van der Waals surface area contributed by atoms with E-state index in [2.05, 4.69) is 11.9 Å². The molecule has 0 spiro atoms. The van der Waals surface area contributed by atoms with Gasteiger partial charge in [-0.1, -0.05) is 37.1 Å². The molecule has 1 aromatic heterocycles. The molecule has 0 aliphatic carbocycles. The molecule has 0 bridgehead atoms. The van der Waals surface area contributed by atoms with E-state index in [4.69, 9.17) is 16.3 Å². The van der Waals surface area contributed by atoms with Gasteiger partial charge in [0.1, 0.15) is 16.7 Å². The third kappa shape index (κ3) is 5.65. The van der Waals surface area contributed by atoms with E-state index < -0.39 is 10.9 Å². The van der Waals surface area contributed by atoms with Crippen molar-refractivity contribution in [3.8, 4) is 0 Å². The van der Waals surface area contributed by atoms with Crippen molar-refractivity contribution in [2.24, 2.45) is 0 Å². The second-order valence-corrected chi connectivity index (χ2v) is 6.26. The fraction of sp³-hybridized carbons (Fsp3) is 0.368. The van der Waals surface area contributed by atoms with Crippen LogP contribution in [0.3, 0.4) is 0 Å². The number of hydrogen-bond acceptors (Lipinski definition) is 5. The first-order valence-electron chi connectivity index (χ1n) is 8.79. The number of benzene rings is 1. The van der Waals surface area contributed by atoms with E-state index in [1.54, 1.807) is 25.1 Å². The molecule has 0 radical (unpaired) electrons. The van der Waals surface area contributed by atoms with Gasteiger partial charge in [-0.25, -0.2) is 9.78 Å². The number of imidazole rings is 1. The molecule has 0 saturated carbocycles. The van der Waals surface area contributed by atoms with Gasteiger partial charge in [-0.15, -0.1) is 0 Å². The first-order chi connectivity index (χ1) is 13.0. The minimum atomic E-state index is -0.450. The fourth-order valence-corrected chi connectivity index (χ4v) is 2.80. The summed E-state index contributed by atoms with van der Waals surface area (Å²) in [5, 5.41) is 11.2. The minimum absolute atomic E-state index is 0.0414. The molecule has 1 heterocycles. The zero-order valence-electron chi connectivity index (χ0n) is 15.4. The van der Waals surface area contributed by atoms with Gasteiger partial charge in [-0.3, -0.25) is 10.1 Å². The van der Waals surface area contributed by atoms with E-state index in [-0.39, 0.29) is 5.69 Å². The summed E-state index contributed by atoms with van der Waals surface area (Å²) in [6, 6.07) is 6.33. The lowest BCUT2D eigenvalue weighted by molar-refractivity contribution is -0.384. The molecule has 27 heavy (non-hydrogen) atoms. The number of rotatable bonds is 9. The Hall–Kier alpha value is -2.67. The van der Waals surface area contributed by atoms with Crippen LogP contribution in [0.1, 0.15) is 43.8 Å². The van der Waals surface area contributed by atoms with Crippen LogP contribution in [0.25, 0.3) is 6.08 Å². The Morgan fingerprint density at radius 1 is 1.33 bits per heavy atom. The third-order valence-electron chi connectivity index (χ3n) is 3.92. The SMILES string of the molecule is CCCCc1nc(C=CC(=O)OCC)c(Cl)n1Cc1ccc([N+](=O)[O-])cc1. The second-order valence-electron chi connectivity index (χ2n) is 5.90. The number of nitro groups is 1. The largest absolute Gasteiger partial charge is 0.463 e. The molecule has 1 aromatic carbocycles. The van der Waals surface area contributed by atoms with Gasteiger partial charge in [0.2, 0.25) is 0 Å². The smallest absolute Gasteiger partial charge is 0.330 e. The van der Waals surface area contributed by atoms with Gasteiger partial charge in [0, 0.05) is 24.6 Å². The van der Waals surface area contributed by atoms with Crippen molar-refractivity contribution in [1.82, 2.24) is 9.55 Å². The van der Waals surface area contributed by atoms with Crippen molar-refractivity contribution in [2.75, 3.05) is 6.61 Å². The van der Waals surface area contributed by atoms with Crippen LogP contribution in [0.5, 0.6) is 0 Å². The zero-order valence-corrected chi connectivity index (χ0v) is 16.1.